The molecule has 0 radical (unpaired) electrons. The standard InChI is InChI=1S/C10H19N/c1-8-3-4-11-7-9(2)6-10(11)5-8/h8-10H,3-7H2,1-2H3/t8-,9-,10-/m1/s1. The molecule has 2 fully saturated rings. The minimum atomic E-state index is 0.953. The van der Waals surface area contributed by atoms with Gasteiger partial charge in [0, 0.05) is 12.6 Å². The molecule has 2 heterocycles. The third-order valence-corrected chi connectivity index (χ3v) is 3.32. The van der Waals surface area contributed by atoms with Gasteiger partial charge in [-0.1, -0.05) is 13.8 Å². The van der Waals surface area contributed by atoms with Gasteiger partial charge in [0.25, 0.3) is 0 Å². The Morgan fingerprint density at radius 2 is 1.82 bits per heavy atom. The maximum atomic E-state index is 2.70. The zero-order chi connectivity index (χ0) is 7.84. The van der Waals surface area contributed by atoms with Crippen LogP contribution in [-0.4, -0.2) is 24.0 Å². The van der Waals surface area contributed by atoms with E-state index in [1.807, 2.05) is 0 Å². The fraction of sp³-hybridized carbons (Fsp3) is 1.00. The highest BCUT2D eigenvalue weighted by molar-refractivity contribution is 4.87. The second-order valence-corrected chi connectivity index (χ2v) is 4.62. The molecule has 0 bridgehead atoms. The highest BCUT2D eigenvalue weighted by Crippen LogP contribution is 2.32. The Labute approximate surface area is 69.8 Å². The number of rotatable bonds is 0. The van der Waals surface area contributed by atoms with E-state index < -0.39 is 0 Å². The van der Waals surface area contributed by atoms with Crippen molar-refractivity contribution in [3.63, 3.8) is 0 Å². The topological polar surface area (TPSA) is 3.24 Å². The van der Waals surface area contributed by atoms with Gasteiger partial charge in [-0.15, -0.1) is 0 Å². The Kier molecular flexibility index (Phi) is 1.92. The molecule has 0 aromatic heterocycles. The molecule has 2 aliphatic rings. The maximum Gasteiger partial charge on any atom is 0.0101 e. The number of piperidine rings is 1. The average Bonchev–Trinajstić information content (AvgIpc) is 2.27. The van der Waals surface area contributed by atoms with Crippen molar-refractivity contribution in [1.29, 1.82) is 0 Å². The van der Waals surface area contributed by atoms with Crippen LogP contribution in [0.2, 0.25) is 0 Å². The van der Waals surface area contributed by atoms with E-state index in [2.05, 4.69) is 18.7 Å². The van der Waals surface area contributed by atoms with E-state index in [1.165, 1.54) is 32.4 Å². The minimum absolute atomic E-state index is 0.953. The molecular weight excluding hydrogens is 134 g/mol. The van der Waals surface area contributed by atoms with Gasteiger partial charge in [-0.05, 0) is 37.6 Å². The summed E-state index contributed by atoms with van der Waals surface area (Å²) in [5, 5.41) is 0. The predicted molar refractivity (Wildman–Crippen MR) is 47.5 cm³/mol. The van der Waals surface area contributed by atoms with Crippen LogP contribution < -0.4 is 0 Å². The van der Waals surface area contributed by atoms with Crippen LogP contribution in [0.5, 0.6) is 0 Å². The van der Waals surface area contributed by atoms with Crippen LogP contribution in [0.3, 0.4) is 0 Å². The van der Waals surface area contributed by atoms with Crippen LogP contribution in [0, 0.1) is 11.8 Å². The number of nitrogens with zero attached hydrogens (tertiary/aromatic N) is 1. The highest BCUT2D eigenvalue weighted by atomic mass is 15.2. The molecule has 2 rings (SSSR count). The van der Waals surface area contributed by atoms with E-state index in [9.17, 15) is 0 Å². The van der Waals surface area contributed by atoms with Crippen molar-refractivity contribution in [2.45, 2.75) is 39.2 Å². The third kappa shape index (κ3) is 1.44. The molecule has 0 unspecified atom stereocenters. The minimum Gasteiger partial charge on any atom is -0.300 e. The van der Waals surface area contributed by atoms with Crippen molar-refractivity contribution < 1.29 is 0 Å². The largest absolute Gasteiger partial charge is 0.300 e. The summed E-state index contributed by atoms with van der Waals surface area (Å²) in [4.78, 5) is 2.70. The lowest BCUT2D eigenvalue weighted by Gasteiger charge is -2.32. The Morgan fingerprint density at radius 3 is 2.64 bits per heavy atom. The monoisotopic (exact) mass is 153 g/mol. The summed E-state index contributed by atoms with van der Waals surface area (Å²) in [7, 11) is 0. The van der Waals surface area contributed by atoms with Gasteiger partial charge in [0.2, 0.25) is 0 Å². The SMILES string of the molecule is C[C@@H]1CCN2C[C@H](C)C[C@H]2C1. The first kappa shape index (κ1) is 7.60. The molecule has 1 nitrogen and oxygen atoms in total. The lowest BCUT2D eigenvalue weighted by atomic mass is 9.92. The number of fused-ring (bicyclic) bond motifs is 1. The Balaban J connectivity index is 1.97. The van der Waals surface area contributed by atoms with E-state index in [0.717, 1.165) is 17.9 Å². The molecule has 0 saturated carbocycles. The number of hydrogen-bond acceptors (Lipinski definition) is 1. The Hall–Kier alpha value is -0.0400. The molecule has 0 aromatic carbocycles. The van der Waals surface area contributed by atoms with Crippen molar-refractivity contribution in [3.8, 4) is 0 Å². The predicted octanol–water partition coefficient (Wildman–Crippen LogP) is 2.13. The molecule has 64 valence electrons. The number of hydrogen-bond donors (Lipinski definition) is 0. The van der Waals surface area contributed by atoms with Gasteiger partial charge in [0.1, 0.15) is 0 Å². The fourth-order valence-electron chi connectivity index (χ4n) is 2.73. The van der Waals surface area contributed by atoms with Crippen LogP contribution in [-0.2, 0) is 0 Å². The molecule has 3 atom stereocenters. The van der Waals surface area contributed by atoms with Crippen molar-refractivity contribution in [2.75, 3.05) is 13.1 Å². The van der Waals surface area contributed by atoms with Crippen LogP contribution in [0.1, 0.15) is 33.1 Å². The average molecular weight is 153 g/mol. The van der Waals surface area contributed by atoms with E-state index in [-0.39, 0.29) is 0 Å². The van der Waals surface area contributed by atoms with E-state index in [1.54, 1.807) is 0 Å². The quantitative estimate of drug-likeness (QED) is 0.515. The van der Waals surface area contributed by atoms with Gasteiger partial charge in [0.05, 0.1) is 0 Å². The molecule has 0 N–H and O–H groups in total. The summed E-state index contributed by atoms with van der Waals surface area (Å²) in [6.45, 7) is 7.54. The second kappa shape index (κ2) is 2.78. The molecule has 11 heavy (non-hydrogen) atoms. The molecule has 2 saturated heterocycles. The van der Waals surface area contributed by atoms with Crippen molar-refractivity contribution >= 4 is 0 Å². The van der Waals surface area contributed by atoms with E-state index in [4.69, 9.17) is 0 Å². The van der Waals surface area contributed by atoms with Crippen molar-refractivity contribution in [2.24, 2.45) is 11.8 Å². The van der Waals surface area contributed by atoms with Crippen LogP contribution in [0.25, 0.3) is 0 Å². The molecule has 0 aromatic rings. The summed E-state index contributed by atoms with van der Waals surface area (Å²) >= 11 is 0. The zero-order valence-electron chi connectivity index (χ0n) is 7.71. The van der Waals surface area contributed by atoms with Gasteiger partial charge in [-0.3, -0.25) is 0 Å². The summed E-state index contributed by atoms with van der Waals surface area (Å²) in [5.41, 5.74) is 0. The Morgan fingerprint density at radius 1 is 1.09 bits per heavy atom. The normalized spacial score (nSPS) is 45.8. The smallest absolute Gasteiger partial charge is 0.0101 e. The van der Waals surface area contributed by atoms with Gasteiger partial charge >= 0.3 is 0 Å². The van der Waals surface area contributed by atoms with Gasteiger partial charge < -0.3 is 4.90 Å². The van der Waals surface area contributed by atoms with Crippen LogP contribution >= 0.6 is 0 Å². The lowest BCUT2D eigenvalue weighted by molar-refractivity contribution is 0.160. The lowest BCUT2D eigenvalue weighted by Crippen LogP contribution is -2.37. The first-order chi connectivity index (χ1) is 5.25. The molecule has 0 spiro atoms. The van der Waals surface area contributed by atoms with Crippen LogP contribution in [0.15, 0.2) is 0 Å². The first-order valence-corrected chi connectivity index (χ1v) is 4.99. The van der Waals surface area contributed by atoms with E-state index in [0.29, 0.717) is 0 Å². The molecule has 2 aliphatic heterocycles. The van der Waals surface area contributed by atoms with Gasteiger partial charge in [0.15, 0.2) is 0 Å². The van der Waals surface area contributed by atoms with E-state index >= 15 is 0 Å². The van der Waals surface area contributed by atoms with Crippen molar-refractivity contribution in [1.82, 2.24) is 4.90 Å². The molecule has 1 heteroatoms. The fourth-order valence-corrected chi connectivity index (χ4v) is 2.73. The van der Waals surface area contributed by atoms with Gasteiger partial charge in [-0.25, -0.2) is 0 Å². The van der Waals surface area contributed by atoms with Crippen LogP contribution in [0.4, 0.5) is 0 Å². The van der Waals surface area contributed by atoms with Gasteiger partial charge in [-0.2, -0.15) is 0 Å². The summed E-state index contributed by atoms with van der Waals surface area (Å²) < 4.78 is 0. The summed E-state index contributed by atoms with van der Waals surface area (Å²) in [5.74, 6) is 1.95. The zero-order valence-corrected chi connectivity index (χ0v) is 7.71. The third-order valence-electron chi connectivity index (χ3n) is 3.32. The van der Waals surface area contributed by atoms with Crippen molar-refractivity contribution in [3.05, 3.63) is 0 Å². The Bertz CT molecular complexity index is 144. The maximum absolute atomic E-state index is 2.70. The molecular formula is C10H19N. The second-order valence-electron chi connectivity index (χ2n) is 4.62. The first-order valence-electron chi connectivity index (χ1n) is 4.99. The summed E-state index contributed by atoms with van der Waals surface area (Å²) in [6.07, 6.45) is 4.36. The summed E-state index contributed by atoms with van der Waals surface area (Å²) in [6, 6.07) is 0.953. The molecule has 0 aliphatic carbocycles. The molecule has 0 amide bonds. The highest BCUT2D eigenvalue weighted by Gasteiger charge is 2.33.